The van der Waals surface area contributed by atoms with Gasteiger partial charge in [-0.2, -0.15) is 13.2 Å². The number of likely N-dealkylation sites (N-methyl/N-ethyl adjacent to an activating group) is 1. The maximum absolute atomic E-state index is 12.4. The molecular weight excluding hydrogens is 557 g/mol. The number of quaternary nitrogens is 1. The smallest absolute Gasteiger partial charge is 0.430 e. The Hall–Kier alpha value is -4.06. The minimum atomic E-state index is -5.19. The van der Waals surface area contributed by atoms with Gasteiger partial charge in [0.05, 0.1) is 33.4 Å². The topological polar surface area (TPSA) is 206 Å². The molecule has 4 N–H and O–H groups in total. The van der Waals surface area contributed by atoms with E-state index < -0.39 is 52.6 Å². The van der Waals surface area contributed by atoms with E-state index in [1.165, 1.54) is 21.2 Å². The van der Waals surface area contributed by atoms with Crippen LogP contribution in [0.25, 0.3) is 0 Å². The van der Waals surface area contributed by atoms with Crippen LogP contribution in [0.3, 0.4) is 0 Å². The van der Waals surface area contributed by atoms with Crippen molar-refractivity contribution >= 4 is 42.0 Å². The first-order valence-electron chi connectivity index (χ1n) is 10.8. The number of carboxylic acid groups (broad SMARTS) is 3. The molecule has 1 aromatic heterocycles. The summed E-state index contributed by atoms with van der Waals surface area (Å²) in [6.45, 7) is 0.754. The van der Waals surface area contributed by atoms with E-state index in [4.69, 9.17) is 9.90 Å². The van der Waals surface area contributed by atoms with Crippen molar-refractivity contribution in [1.82, 2.24) is 14.8 Å². The van der Waals surface area contributed by atoms with E-state index in [0.717, 1.165) is 12.3 Å². The Morgan fingerprint density at radius 1 is 1.23 bits per heavy atom. The van der Waals surface area contributed by atoms with Crippen molar-refractivity contribution in [3.05, 3.63) is 39.5 Å². The average molecular weight is 580 g/mol. The minimum absolute atomic E-state index is 0.0962. The Balaban J connectivity index is 0.000000673. The molecule has 3 heterocycles. The van der Waals surface area contributed by atoms with E-state index in [0.29, 0.717) is 24.3 Å². The number of aromatic nitrogens is 1. The van der Waals surface area contributed by atoms with Crippen LogP contribution in [0.4, 0.5) is 13.2 Å². The zero-order valence-electron chi connectivity index (χ0n) is 20.3. The number of aromatic carboxylic acids is 1. The average Bonchev–Trinajstić information content (AvgIpc) is 2.82. The van der Waals surface area contributed by atoms with Crippen molar-refractivity contribution in [3.8, 4) is 5.75 Å². The molecule has 2 atom stereocenters. The number of alkyl halides is 3. The lowest BCUT2D eigenvalue weighted by Gasteiger charge is -2.49. The number of carboxylic acids is 3. The number of carbonyl (C=O) groups excluding carboxylic acids is 3. The SMILES string of the molecule is C[N+](C)(CCn1cc(O)c(=O)cc1C(=O)O)CC1=C(C(=O)O)N2C(=O)[C@@H](NC=O)[C@@H]2SC1.O=C([O-])C(F)(F)F. The van der Waals surface area contributed by atoms with E-state index in [1.54, 1.807) is 0 Å². The normalized spacial score (nSPS) is 18.8. The standard InChI is InChI=1S/C19H22N4O8S.C2HF3O2/c1-23(2,4-3-21-6-13(26)12(25)5-11(21)18(28)29)7-10-8-32-17-14(20-9-24)16(27)22(17)15(10)19(30)31;3-2(4,5)1(6)7/h5-6,9,14,17H,3-4,7-8H2,1-2H3,(H3-,20,24,26,28,29,30,31);(H,6,7)/t14-,17+;/m1./s1. The molecule has 0 aliphatic carbocycles. The minimum Gasteiger partial charge on any atom is -0.542 e. The van der Waals surface area contributed by atoms with Gasteiger partial charge in [0.15, 0.2) is 5.75 Å². The van der Waals surface area contributed by atoms with Gasteiger partial charge in [-0.1, -0.05) is 0 Å². The van der Waals surface area contributed by atoms with E-state index >= 15 is 0 Å². The quantitative estimate of drug-likeness (QED) is 0.143. The van der Waals surface area contributed by atoms with Crippen LogP contribution in [0.2, 0.25) is 0 Å². The van der Waals surface area contributed by atoms with Gasteiger partial charge in [0.25, 0.3) is 5.91 Å². The molecule has 2 aliphatic rings. The van der Waals surface area contributed by atoms with Gasteiger partial charge in [-0.3, -0.25) is 19.3 Å². The Labute approximate surface area is 221 Å². The fourth-order valence-electron chi connectivity index (χ4n) is 3.80. The third-order valence-corrected chi connectivity index (χ3v) is 6.96. The molecule has 214 valence electrons. The molecule has 39 heavy (non-hydrogen) atoms. The largest absolute Gasteiger partial charge is 0.542 e. The van der Waals surface area contributed by atoms with Crippen molar-refractivity contribution in [3.63, 3.8) is 0 Å². The number of hydrogen-bond acceptors (Lipinski definition) is 9. The Bertz CT molecular complexity index is 1280. The van der Waals surface area contributed by atoms with Gasteiger partial charge in [-0.25, -0.2) is 9.59 Å². The van der Waals surface area contributed by atoms with Crippen LogP contribution in [-0.2, 0) is 25.7 Å². The number of nitrogens with zero attached hydrogens (tertiary/aromatic N) is 3. The molecule has 2 amide bonds. The Morgan fingerprint density at radius 3 is 2.31 bits per heavy atom. The highest BCUT2D eigenvalue weighted by Crippen LogP contribution is 2.40. The van der Waals surface area contributed by atoms with Gasteiger partial charge < -0.3 is 39.6 Å². The van der Waals surface area contributed by atoms with Gasteiger partial charge in [0, 0.05) is 17.4 Å². The van der Waals surface area contributed by atoms with Gasteiger partial charge in [-0.15, -0.1) is 11.8 Å². The summed E-state index contributed by atoms with van der Waals surface area (Å²) >= 11 is 1.36. The lowest BCUT2D eigenvalue weighted by atomic mass is 10.0. The van der Waals surface area contributed by atoms with Gasteiger partial charge in [0.2, 0.25) is 11.8 Å². The van der Waals surface area contributed by atoms with E-state index in [9.17, 15) is 52.5 Å². The van der Waals surface area contributed by atoms with Crippen molar-refractivity contribution in [1.29, 1.82) is 0 Å². The maximum atomic E-state index is 12.4. The van der Waals surface area contributed by atoms with Crippen LogP contribution < -0.4 is 15.9 Å². The van der Waals surface area contributed by atoms with Crippen LogP contribution in [0, 0.1) is 0 Å². The number of aliphatic carboxylic acids is 2. The van der Waals surface area contributed by atoms with Gasteiger partial charge in [0.1, 0.15) is 35.3 Å². The van der Waals surface area contributed by atoms with E-state index in [-0.39, 0.29) is 29.0 Å². The van der Waals surface area contributed by atoms with Crippen molar-refractivity contribution in [2.75, 3.05) is 32.9 Å². The molecule has 1 saturated heterocycles. The first-order chi connectivity index (χ1) is 17.9. The molecule has 1 aromatic rings. The van der Waals surface area contributed by atoms with Crippen molar-refractivity contribution in [2.24, 2.45) is 0 Å². The summed E-state index contributed by atoms with van der Waals surface area (Å²) in [7, 11) is 3.64. The lowest BCUT2D eigenvalue weighted by Crippen LogP contribution is -2.69. The van der Waals surface area contributed by atoms with Crippen LogP contribution in [0.15, 0.2) is 28.3 Å². The van der Waals surface area contributed by atoms with E-state index in [1.807, 2.05) is 14.1 Å². The molecule has 0 spiro atoms. The Morgan fingerprint density at radius 2 is 1.82 bits per heavy atom. The number of hydrogen-bond donors (Lipinski definition) is 4. The maximum Gasteiger partial charge on any atom is 0.430 e. The van der Waals surface area contributed by atoms with Crippen molar-refractivity contribution < 1.29 is 62.1 Å². The molecule has 18 heteroatoms. The number of halogens is 3. The zero-order valence-corrected chi connectivity index (χ0v) is 21.1. The number of rotatable bonds is 9. The van der Waals surface area contributed by atoms with Gasteiger partial charge in [-0.05, 0) is 0 Å². The first kappa shape index (κ1) is 31.2. The van der Waals surface area contributed by atoms with Crippen LogP contribution in [0.5, 0.6) is 5.75 Å². The third kappa shape index (κ3) is 7.29. The summed E-state index contributed by atoms with van der Waals surface area (Å²) in [5.41, 5.74) is -0.614. The number of fused-ring (bicyclic) bond motifs is 1. The molecule has 14 nitrogen and oxygen atoms in total. The van der Waals surface area contributed by atoms with E-state index in [2.05, 4.69) is 5.32 Å². The van der Waals surface area contributed by atoms with Crippen LogP contribution in [-0.4, -0.2) is 110 Å². The fraction of sp³-hybridized carbons (Fsp3) is 0.429. The second-order valence-corrected chi connectivity index (χ2v) is 10.0. The number of amides is 2. The lowest BCUT2D eigenvalue weighted by molar-refractivity contribution is -0.886. The molecular formula is C21H23F3N4O10S. The van der Waals surface area contributed by atoms with Gasteiger partial charge >= 0.3 is 18.1 Å². The van der Waals surface area contributed by atoms with Crippen LogP contribution in [0.1, 0.15) is 10.5 Å². The fourth-order valence-corrected chi connectivity index (χ4v) is 5.15. The molecule has 0 radical (unpaired) electrons. The predicted molar refractivity (Wildman–Crippen MR) is 123 cm³/mol. The summed E-state index contributed by atoms with van der Waals surface area (Å²) in [4.78, 5) is 68.0. The number of pyridine rings is 1. The summed E-state index contributed by atoms with van der Waals surface area (Å²) in [6.07, 6.45) is -3.71. The molecule has 1 fully saturated rings. The number of nitrogens with one attached hydrogen (secondary N) is 1. The highest BCUT2D eigenvalue weighted by atomic mass is 32.2. The monoisotopic (exact) mass is 580 g/mol. The highest BCUT2D eigenvalue weighted by Gasteiger charge is 2.54. The second-order valence-electron chi connectivity index (χ2n) is 8.94. The number of aromatic hydroxyl groups is 1. The number of thioether (sulfide) groups is 1. The third-order valence-electron chi connectivity index (χ3n) is 5.62. The second kappa shape index (κ2) is 11.8. The van der Waals surface area contributed by atoms with Crippen molar-refractivity contribution in [2.45, 2.75) is 24.1 Å². The predicted octanol–water partition coefficient (Wildman–Crippen LogP) is -2.00. The molecule has 0 saturated carbocycles. The van der Waals surface area contributed by atoms with Crippen LogP contribution >= 0.6 is 11.8 Å². The number of carbonyl (C=O) groups is 5. The molecule has 0 bridgehead atoms. The highest BCUT2D eigenvalue weighted by molar-refractivity contribution is 8.00. The Kier molecular flexibility index (Phi) is 9.40. The zero-order chi connectivity index (χ0) is 29.9. The molecule has 2 aliphatic heterocycles. The molecule has 0 aromatic carbocycles. The summed E-state index contributed by atoms with van der Waals surface area (Å²) in [5.74, 6) is -6.25. The molecule has 3 rings (SSSR count). The first-order valence-corrected chi connectivity index (χ1v) is 11.8. The number of β-lactam (4-membered cyclic amide) rings is 1. The summed E-state index contributed by atoms with van der Waals surface area (Å²) in [6, 6.07) is 0.0957. The summed E-state index contributed by atoms with van der Waals surface area (Å²) in [5, 5.41) is 39.5. The molecule has 0 unspecified atom stereocenters. The summed E-state index contributed by atoms with van der Waals surface area (Å²) < 4.78 is 33.1.